The lowest BCUT2D eigenvalue weighted by Crippen LogP contribution is -2.16. The largest absolute Gasteiger partial charge is 0.377 e. The molecule has 4 heteroatoms. The van der Waals surface area contributed by atoms with Crippen LogP contribution in [0.25, 0.3) is 11.0 Å². The number of imidazole rings is 1. The number of hydrogen-bond acceptors (Lipinski definition) is 2. The van der Waals surface area contributed by atoms with E-state index in [2.05, 4.69) is 41.6 Å². The molecule has 0 amide bonds. The number of hydrogen-bond donors (Lipinski definition) is 1. The lowest BCUT2D eigenvalue weighted by molar-refractivity contribution is 0.0645. The normalized spacial score (nSPS) is 13.1. The van der Waals surface area contributed by atoms with E-state index < -0.39 is 0 Å². The average Bonchev–Trinajstić information content (AvgIpc) is 2.55. The third-order valence-corrected chi connectivity index (χ3v) is 3.14. The molecule has 2 aromatic rings. The van der Waals surface area contributed by atoms with Gasteiger partial charge in [-0.15, -0.1) is 0 Å². The van der Waals surface area contributed by atoms with Crippen LogP contribution >= 0.6 is 12.2 Å². The second-order valence-electron chi connectivity index (χ2n) is 4.33. The van der Waals surface area contributed by atoms with Gasteiger partial charge in [-0.25, -0.2) is 0 Å². The van der Waals surface area contributed by atoms with Gasteiger partial charge in [-0.3, -0.25) is 0 Å². The molecule has 0 aliphatic rings. The molecule has 0 radical (unpaired) electrons. The highest BCUT2D eigenvalue weighted by atomic mass is 32.1. The highest BCUT2D eigenvalue weighted by molar-refractivity contribution is 7.71. The molecule has 0 fully saturated rings. The molecule has 1 heterocycles. The summed E-state index contributed by atoms with van der Waals surface area (Å²) < 4.78 is 8.42. The van der Waals surface area contributed by atoms with Gasteiger partial charge in [0.15, 0.2) is 4.77 Å². The number of fused-ring (bicyclic) bond motifs is 1. The van der Waals surface area contributed by atoms with Gasteiger partial charge in [0.05, 0.1) is 23.7 Å². The maximum absolute atomic E-state index is 5.56. The number of aryl methyl sites for hydroxylation is 1. The van der Waals surface area contributed by atoms with E-state index in [9.17, 15) is 0 Å². The Morgan fingerprint density at radius 2 is 2.24 bits per heavy atom. The van der Waals surface area contributed by atoms with E-state index in [1.165, 1.54) is 5.56 Å². The summed E-state index contributed by atoms with van der Waals surface area (Å²) in [6.45, 7) is 7.68. The molecule has 0 spiro atoms. The molecule has 0 saturated heterocycles. The van der Waals surface area contributed by atoms with E-state index in [4.69, 9.17) is 17.0 Å². The van der Waals surface area contributed by atoms with Crippen molar-refractivity contribution in [1.29, 1.82) is 0 Å². The number of nitrogens with zero attached hydrogens (tertiary/aromatic N) is 1. The second kappa shape index (κ2) is 5.02. The summed E-state index contributed by atoms with van der Waals surface area (Å²) in [5.74, 6) is 0. The first-order valence-corrected chi connectivity index (χ1v) is 6.33. The Kier molecular flexibility index (Phi) is 3.64. The van der Waals surface area contributed by atoms with Crippen LogP contribution in [0.2, 0.25) is 0 Å². The van der Waals surface area contributed by atoms with Gasteiger partial charge in [0.25, 0.3) is 0 Å². The van der Waals surface area contributed by atoms with E-state index in [-0.39, 0.29) is 6.10 Å². The lowest BCUT2D eigenvalue weighted by atomic mass is 10.2. The summed E-state index contributed by atoms with van der Waals surface area (Å²) in [6.07, 6.45) is 0.173. The Morgan fingerprint density at radius 1 is 1.47 bits per heavy atom. The van der Waals surface area contributed by atoms with Crippen LogP contribution < -0.4 is 0 Å². The topological polar surface area (TPSA) is 29.9 Å². The van der Waals surface area contributed by atoms with E-state index >= 15 is 0 Å². The fourth-order valence-corrected chi connectivity index (χ4v) is 2.34. The van der Waals surface area contributed by atoms with Gasteiger partial charge in [-0.05, 0) is 50.7 Å². The highest BCUT2D eigenvalue weighted by Crippen LogP contribution is 2.16. The third kappa shape index (κ3) is 2.58. The van der Waals surface area contributed by atoms with E-state index in [0.717, 1.165) is 29.0 Å². The Bertz CT molecular complexity index is 570. The molecule has 0 bridgehead atoms. The standard InChI is InChI=1S/C13H18N2OS/c1-4-16-10(3)8-15-12-6-5-9(2)7-11(12)14-13(15)17/h5-7,10H,4,8H2,1-3H3,(H,14,17). The summed E-state index contributed by atoms with van der Waals surface area (Å²) in [6, 6.07) is 6.33. The van der Waals surface area contributed by atoms with Crippen LogP contribution in [-0.2, 0) is 11.3 Å². The molecule has 92 valence electrons. The molecule has 0 aliphatic heterocycles. The van der Waals surface area contributed by atoms with Crippen molar-refractivity contribution >= 4 is 23.3 Å². The molecule has 1 atom stereocenters. The van der Waals surface area contributed by atoms with Gasteiger partial charge in [-0.2, -0.15) is 0 Å². The lowest BCUT2D eigenvalue weighted by Gasteiger charge is -2.12. The molecule has 1 aromatic heterocycles. The van der Waals surface area contributed by atoms with Crippen LogP contribution in [0.15, 0.2) is 18.2 Å². The predicted octanol–water partition coefficient (Wildman–Crippen LogP) is 3.43. The molecule has 1 unspecified atom stereocenters. The fourth-order valence-electron chi connectivity index (χ4n) is 2.05. The molecule has 0 saturated carbocycles. The quantitative estimate of drug-likeness (QED) is 0.842. The molecule has 0 aliphatic carbocycles. The van der Waals surface area contributed by atoms with Gasteiger partial charge in [0, 0.05) is 6.61 Å². The van der Waals surface area contributed by atoms with Crippen molar-refractivity contribution in [3.05, 3.63) is 28.5 Å². The van der Waals surface area contributed by atoms with E-state index in [1.807, 2.05) is 6.92 Å². The Hall–Kier alpha value is -1.13. The molecule has 3 nitrogen and oxygen atoms in total. The third-order valence-electron chi connectivity index (χ3n) is 2.82. The van der Waals surface area contributed by atoms with Crippen molar-refractivity contribution in [2.45, 2.75) is 33.4 Å². The minimum absolute atomic E-state index is 0.173. The Labute approximate surface area is 106 Å². The predicted molar refractivity (Wildman–Crippen MR) is 72.9 cm³/mol. The smallest absolute Gasteiger partial charge is 0.178 e. The maximum Gasteiger partial charge on any atom is 0.178 e. The Balaban J connectivity index is 2.40. The molecule has 2 rings (SSSR count). The first-order valence-electron chi connectivity index (χ1n) is 5.92. The summed E-state index contributed by atoms with van der Waals surface area (Å²) in [5.41, 5.74) is 3.48. The number of ether oxygens (including phenoxy) is 1. The number of nitrogens with one attached hydrogen (secondary N) is 1. The summed E-state index contributed by atoms with van der Waals surface area (Å²) >= 11 is 5.35. The number of benzene rings is 1. The first kappa shape index (κ1) is 12.3. The van der Waals surface area contributed by atoms with E-state index in [0.29, 0.717) is 0 Å². The minimum atomic E-state index is 0.173. The van der Waals surface area contributed by atoms with Crippen LogP contribution in [-0.4, -0.2) is 22.3 Å². The molecule has 1 aromatic carbocycles. The van der Waals surface area contributed by atoms with Crippen LogP contribution in [0.1, 0.15) is 19.4 Å². The van der Waals surface area contributed by atoms with Crippen LogP contribution in [0.4, 0.5) is 0 Å². The van der Waals surface area contributed by atoms with Crippen molar-refractivity contribution in [2.24, 2.45) is 0 Å². The summed E-state index contributed by atoms with van der Waals surface area (Å²) in [4.78, 5) is 3.24. The van der Waals surface area contributed by atoms with Crippen molar-refractivity contribution in [3.8, 4) is 0 Å². The zero-order valence-corrected chi connectivity index (χ0v) is 11.3. The molecular formula is C13H18N2OS. The fraction of sp³-hybridized carbons (Fsp3) is 0.462. The molecule has 1 N–H and O–H groups in total. The zero-order valence-electron chi connectivity index (χ0n) is 10.5. The monoisotopic (exact) mass is 250 g/mol. The molecular weight excluding hydrogens is 232 g/mol. The van der Waals surface area contributed by atoms with Crippen molar-refractivity contribution in [2.75, 3.05) is 6.61 Å². The number of rotatable bonds is 4. The van der Waals surface area contributed by atoms with Crippen LogP contribution in [0, 0.1) is 11.7 Å². The average molecular weight is 250 g/mol. The van der Waals surface area contributed by atoms with Gasteiger partial charge >= 0.3 is 0 Å². The van der Waals surface area contributed by atoms with Crippen molar-refractivity contribution in [3.63, 3.8) is 0 Å². The highest BCUT2D eigenvalue weighted by Gasteiger charge is 2.08. The van der Waals surface area contributed by atoms with Crippen molar-refractivity contribution < 1.29 is 4.74 Å². The van der Waals surface area contributed by atoms with Gasteiger partial charge < -0.3 is 14.3 Å². The number of aromatic nitrogens is 2. The molecule has 17 heavy (non-hydrogen) atoms. The number of aromatic amines is 1. The van der Waals surface area contributed by atoms with Gasteiger partial charge in [0.2, 0.25) is 0 Å². The minimum Gasteiger partial charge on any atom is -0.377 e. The van der Waals surface area contributed by atoms with E-state index in [1.54, 1.807) is 0 Å². The summed E-state index contributed by atoms with van der Waals surface area (Å²) in [5, 5.41) is 0. The maximum atomic E-state index is 5.56. The van der Waals surface area contributed by atoms with Crippen molar-refractivity contribution in [1.82, 2.24) is 9.55 Å². The SMILES string of the molecule is CCOC(C)Cn1c(=S)[nH]c2cc(C)ccc21. The van der Waals surface area contributed by atoms with Gasteiger partial charge in [0.1, 0.15) is 0 Å². The van der Waals surface area contributed by atoms with Gasteiger partial charge in [-0.1, -0.05) is 6.07 Å². The number of H-pyrrole nitrogens is 1. The Morgan fingerprint density at radius 3 is 2.94 bits per heavy atom. The van der Waals surface area contributed by atoms with Crippen LogP contribution in [0.3, 0.4) is 0 Å². The first-order chi connectivity index (χ1) is 8.11. The van der Waals surface area contributed by atoms with Crippen LogP contribution in [0.5, 0.6) is 0 Å². The summed E-state index contributed by atoms with van der Waals surface area (Å²) in [7, 11) is 0. The second-order valence-corrected chi connectivity index (χ2v) is 4.71. The zero-order chi connectivity index (χ0) is 12.4.